The van der Waals surface area contributed by atoms with E-state index in [9.17, 15) is 14.7 Å². The zero-order valence-electron chi connectivity index (χ0n) is 19.7. The van der Waals surface area contributed by atoms with Crippen molar-refractivity contribution in [1.82, 2.24) is 0 Å². The predicted molar refractivity (Wildman–Crippen MR) is 122 cm³/mol. The van der Waals surface area contributed by atoms with Crippen LogP contribution in [0.25, 0.3) is 0 Å². The second-order valence-corrected chi connectivity index (χ2v) is 10.8. The minimum Gasteiger partial charge on any atom is -0.481 e. The van der Waals surface area contributed by atoms with Crippen LogP contribution >= 0.6 is 0 Å². The summed E-state index contributed by atoms with van der Waals surface area (Å²) >= 11 is 0. The second kappa shape index (κ2) is 6.57. The Kier molecular flexibility index (Phi) is 4.40. The summed E-state index contributed by atoms with van der Waals surface area (Å²) < 4.78 is 12.3. The lowest BCUT2D eigenvalue weighted by Crippen LogP contribution is -2.66. The topological polar surface area (TPSA) is 76.7 Å². The number of rotatable bonds is 0. The molecule has 4 aliphatic rings. The van der Waals surface area contributed by atoms with Crippen molar-refractivity contribution in [3.05, 3.63) is 62.8 Å². The van der Waals surface area contributed by atoms with Crippen molar-refractivity contribution in [3.8, 4) is 5.75 Å². The van der Waals surface area contributed by atoms with Crippen LogP contribution < -0.4 is 10.4 Å². The number of carbonyl (C=O) groups excluding carboxylic acids is 1. The summed E-state index contributed by atoms with van der Waals surface area (Å²) in [5, 5.41) is 11.5. The highest BCUT2D eigenvalue weighted by Crippen LogP contribution is 2.67. The lowest BCUT2D eigenvalue weighted by molar-refractivity contribution is -0.158. The molecule has 1 aliphatic heterocycles. The lowest BCUT2D eigenvalue weighted by atomic mass is 9.42. The number of aliphatic hydroxyl groups is 1. The number of carbonyl (C=O) groups is 1. The van der Waals surface area contributed by atoms with E-state index in [4.69, 9.17) is 9.15 Å². The van der Waals surface area contributed by atoms with Crippen LogP contribution in [0.2, 0.25) is 0 Å². The van der Waals surface area contributed by atoms with Crippen LogP contribution in [-0.2, 0) is 11.2 Å². The molecular formula is C27H32O5. The van der Waals surface area contributed by atoms with Gasteiger partial charge in [0.25, 0.3) is 0 Å². The fourth-order valence-corrected chi connectivity index (χ4v) is 7.57. The van der Waals surface area contributed by atoms with Crippen molar-refractivity contribution in [1.29, 1.82) is 0 Å². The molecule has 1 aromatic heterocycles. The maximum absolute atomic E-state index is 12.8. The molecule has 2 heterocycles. The molecule has 1 aromatic rings. The number of ketones is 1. The molecule has 1 fully saturated rings. The van der Waals surface area contributed by atoms with Gasteiger partial charge in [-0.2, -0.15) is 0 Å². The van der Waals surface area contributed by atoms with Crippen molar-refractivity contribution < 1.29 is 19.1 Å². The van der Waals surface area contributed by atoms with Gasteiger partial charge < -0.3 is 14.3 Å². The van der Waals surface area contributed by atoms with Gasteiger partial charge in [0.1, 0.15) is 17.1 Å². The molecule has 1 spiro atoms. The molecule has 0 bridgehead atoms. The molecule has 1 N–H and O–H groups in total. The maximum Gasteiger partial charge on any atom is 0.343 e. The van der Waals surface area contributed by atoms with E-state index >= 15 is 0 Å². The average molecular weight is 437 g/mol. The van der Waals surface area contributed by atoms with Gasteiger partial charge in [0.15, 0.2) is 5.78 Å². The van der Waals surface area contributed by atoms with Crippen LogP contribution in [-0.4, -0.2) is 22.6 Å². The highest BCUT2D eigenvalue weighted by Gasteiger charge is 2.68. The van der Waals surface area contributed by atoms with E-state index in [-0.39, 0.29) is 23.2 Å². The summed E-state index contributed by atoms with van der Waals surface area (Å²) in [5.41, 5.74) is 1.54. The fraction of sp³-hybridized carbons (Fsp3) is 0.556. The minimum atomic E-state index is -0.734. The summed E-state index contributed by atoms with van der Waals surface area (Å²) in [6, 6.07) is 0. The number of ether oxygens (including phenoxy) is 1. The summed E-state index contributed by atoms with van der Waals surface area (Å²) in [6.45, 7) is 12.1. The third kappa shape index (κ3) is 2.49. The number of fused-ring (bicyclic) bond motifs is 5. The first-order chi connectivity index (χ1) is 14.9. The molecule has 5 rings (SSSR count). The van der Waals surface area contributed by atoms with Crippen molar-refractivity contribution >= 4 is 5.78 Å². The van der Waals surface area contributed by atoms with Crippen molar-refractivity contribution in [3.63, 3.8) is 0 Å². The van der Waals surface area contributed by atoms with E-state index in [1.54, 1.807) is 19.1 Å². The fourth-order valence-electron chi connectivity index (χ4n) is 7.57. The first kappa shape index (κ1) is 21.4. The van der Waals surface area contributed by atoms with Crippen molar-refractivity contribution in [2.75, 3.05) is 0 Å². The summed E-state index contributed by atoms with van der Waals surface area (Å²) in [4.78, 5) is 25.1. The van der Waals surface area contributed by atoms with Gasteiger partial charge in [0.05, 0.1) is 11.7 Å². The smallest absolute Gasteiger partial charge is 0.343 e. The number of hydrogen-bond donors (Lipinski definition) is 1. The zero-order chi connectivity index (χ0) is 23.2. The molecule has 5 nitrogen and oxygen atoms in total. The molecule has 0 amide bonds. The normalized spacial score (nSPS) is 40.1. The molecule has 0 radical (unpaired) electrons. The molecular weight excluding hydrogens is 404 g/mol. The van der Waals surface area contributed by atoms with Gasteiger partial charge in [-0.1, -0.05) is 31.6 Å². The standard InChI is InChI=1S/C27H32O5/c1-14-11-18(28)7-9-25(5)20(14)8-10-26(6)23(25)21(29)12-15(2)27(26)13-19-22(32-27)16(3)17(4)31-24(19)30/h7,9,11-12,20-21,23,29H,8,10,13H2,1-6H3/t20-,21-,23+,25-,26+,27-/m0/s1. The summed E-state index contributed by atoms with van der Waals surface area (Å²) in [5.74, 6) is 1.20. The number of aryl methyl sites for hydroxylation is 1. The monoisotopic (exact) mass is 436 g/mol. The van der Waals surface area contributed by atoms with E-state index in [0.29, 0.717) is 23.5 Å². The Morgan fingerprint density at radius 1 is 1.12 bits per heavy atom. The molecule has 5 heteroatoms. The molecule has 0 saturated heterocycles. The van der Waals surface area contributed by atoms with Crippen LogP contribution in [0.4, 0.5) is 0 Å². The van der Waals surface area contributed by atoms with Gasteiger partial charge in [-0.15, -0.1) is 0 Å². The first-order valence-corrected chi connectivity index (χ1v) is 11.5. The van der Waals surface area contributed by atoms with E-state index in [1.807, 2.05) is 32.9 Å². The zero-order valence-corrected chi connectivity index (χ0v) is 19.7. The second-order valence-electron chi connectivity index (χ2n) is 10.8. The van der Waals surface area contributed by atoms with Gasteiger partial charge in [0, 0.05) is 23.3 Å². The Hall–Kier alpha value is -2.40. The van der Waals surface area contributed by atoms with Gasteiger partial charge in [0.2, 0.25) is 0 Å². The number of hydrogen-bond acceptors (Lipinski definition) is 5. The first-order valence-electron chi connectivity index (χ1n) is 11.5. The van der Waals surface area contributed by atoms with Gasteiger partial charge in [-0.25, -0.2) is 4.79 Å². The van der Waals surface area contributed by atoms with Crippen LogP contribution in [0.15, 0.2) is 44.7 Å². The summed E-state index contributed by atoms with van der Waals surface area (Å²) in [7, 11) is 0. The van der Waals surface area contributed by atoms with Crippen LogP contribution in [0.3, 0.4) is 0 Å². The molecule has 3 aliphatic carbocycles. The Morgan fingerprint density at radius 3 is 2.56 bits per heavy atom. The minimum absolute atomic E-state index is 0.000192. The number of aliphatic hydroxyl groups excluding tert-OH is 1. The molecule has 6 atom stereocenters. The van der Waals surface area contributed by atoms with Gasteiger partial charge in [-0.05, 0) is 69.6 Å². The Morgan fingerprint density at radius 2 is 1.84 bits per heavy atom. The number of allylic oxidation sites excluding steroid dienone is 4. The van der Waals surface area contributed by atoms with Crippen molar-refractivity contribution in [2.24, 2.45) is 22.7 Å². The molecule has 0 aromatic carbocycles. The SMILES string of the molecule is CC1=CC(=O)C=C[C@]2(C)[C@H]3[C@@H](O)C=C(C)[C@@]4(Cc5c(c(C)c(C)oc5=O)O4)[C@]3(C)CC[C@@H]12. The lowest BCUT2D eigenvalue weighted by Gasteiger charge is -2.63. The van der Waals surface area contributed by atoms with Crippen LogP contribution in [0.5, 0.6) is 5.75 Å². The summed E-state index contributed by atoms with van der Waals surface area (Å²) in [6.07, 6.45) is 8.80. The van der Waals surface area contributed by atoms with Gasteiger partial charge >= 0.3 is 5.63 Å². The Labute approximate surface area is 188 Å². The Bertz CT molecular complexity index is 1180. The van der Waals surface area contributed by atoms with Gasteiger partial charge in [-0.3, -0.25) is 4.79 Å². The molecule has 170 valence electrons. The average Bonchev–Trinajstić information content (AvgIpc) is 3.08. The molecule has 1 saturated carbocycles. The van der Waals surface area contributed by atoms with Crippen molar-refractivity contribution in [2.45, 2.75) is 72.5 Å². The quantitative estimate of drug-likeness (QED) is 0.611. The predicted octanol–water partition coefficient (Wildman–Crippen LogP) is 4.38. The Balaban J connectivity index is 1.72. The maximum atomic E-state index is 12.8. The highest BCUT2D eigenvalue weighted by atomic mass is 16.5. The van der Waals surface area contributed by atoms with Crippen LogP contribution in [0, 0.1) is 36.5 Å². The van der Waals surface area contributed by atoms with E-state index in [2.05, 4.69) is 13.8 Å². The van der Waals surface area contributed by atoms with Crippen LogP contribution in [0.1, 0.15) is 57.4 Å². The van der Waals surface area contributed by atoms with E-state index in [0.717, 1.165) is 29.6 Å². The molecule has 0 unspecified atom stereocenters. The third-order valence-electron chi connectivity index (χ3n) is 9.24. The molecule has 32 heavy (non-hydrogen) atoms. The van der Waals surface area contributed by atoms with E-state index < -0.39 is 22.5 Å². The highest BCUT2D eigenvalue weighted by molar-refractivity contribution is 6.00. The van der Waals surface area contributed by atoms with E-state index in [1.165, 1.54) is 0 Å². The third-order valence-corrected chi connectivity index (χ3v) is 9.24. The largest absolute Gasteiger partial charge is 0.481 e.